The fourth-order valence-electron chi connectivity index (χ4n) is 1.06. The first-order valence-corrected chi connectivity index (χ1v) is 5.42. The summed E-state index contributed by atoms with van der Waals surface area (Å²) in [5, 5.41) is 2.73. The fourth-order valence-corrected chi connectivity index (χ4v) is 1.06. The van der Waals surface area contributed by atoms with Crippen molar-refractivity contribution < 1.29 is 14.3 Å². The van der Waals surface area contributed by atoms with Crippen molar-refractivity contribution in [2.45, 2.75) is 13.8 Å². The lowest BCUT2D eigenvalue weighted by Gasteiger charge is -2.08. The van der Waals surface area contributed by atoms with Gasteiger partial charge in [-0.1, -0.05) is 13.8 Å². The number of nitrogens with zero attached hydrogens (tertiary/aromatic N) is 1. The van der Waals surface area contributed by atoms with E-state index in [1.807, 2.05) is 13.8 Å². The molecule has 1 heterocycles. The molecule has 1 rings (SSSR count). The van der Waals surface area contributed by atoms with E-state index < -0.39 is 0 Å². The Morgan fingerprint density at radius 1 is 1.53 bits per heavy atom. The first-order chi connectivity index (χ1) is 8.11. The van der Waals surface area contributed by atoms with E-state index in [9.17, 15) is 9.59 Å². The Hall–Kier alpha value is -1.91. The molecule has 0 spiro atoms. The van der Waals surface area contributed by atoms with Crippen LogP contribution in [0.4, 0.5) is 0 Å². The van der Waals surface area contributed by atoms with Crippen LogP contribution in [0.2, 0.25) is 0 Å². The number of hydrogen-bond donors (Lipinski definition) is 1. The van der Waals surface area contributed by atoms with Crippen LogP contribution in [-0.4, -0.2) is 30.3 Å². The minimum Gasteiger partial charge on any atom is -0.482 e. The van der Waals surface area contributed by atoms with Gasteiger partial charge in [0.15, 0.2) is 12.9 Å². The number of ether oxygens (including phenoxy) is 1. The number of amides is 1. The molecule has 92 valence electrons. The highest BCUT2D eigenvalue weighted by Gasteiger charge is 2.03. The topological polar surface area (TPSA) is 68.3 Å². The van der Waals surface area contributed by atoms with Gasteiger partial charge in [-0.3, -0.25) is 9.59 Å². The smallest absolute Gasteiger partial charge is 0.257 e. The zero-order valence-corrected chi connectivity index (χ0v) is 9.97. The summed E-state index contributed by atoms with van der Waals surface area (Å²) in [4.78, 5) is 25.5. The minimum atomic E-state index is -0.168. The van der Waals surface area contributed by atoms with Crippen molar-refractivity contribution >= 4 is 12.2 Å². The van der Waals surface area contributed by atoms with E-state index in [1.165, 1.54) is 12.3 Å². The van der Waals surface area contributed by atoms with Crippen LogP contribution in [0, 0.1) is 5.92 Å². The van der Waals surface area contributed by atoms with Crippen LogP contribution in [-0.2, 0) is 4.79 Å². The zero-order chi connectivity index (χ0) is 12.7. The number of carbonyl (C=O) groups is 2. The molecule has 0 atom stereocenters. The Morgan fingerprint density at radius 3 is 2.82 bits per heavy atom. The van der Waals surface area contributed by atoms with Crippen molar-refractivity contribution in [1.29, 1.82) is 0 Å². The second-order valence-corrected chi connectivity index (χ2v) is 4.02. The van der Waals surface area contributed by atoms with E-state index in [4.69, 9.17) is 4.74 Å². The van der Waals surface area contributed by atoms with Crippen molar-refractivity contribution in [3.8, 4) is 5.75 Å². The molecule has 0 aliphatic heterocycles. The van der Waals surface area contributed by atoms with Gasteiger partial charge in [0.25, 0.3) is 5.91 Å². The SMILES string of the molecule is CC(C)CNC(=O)COc1ccc(C=O)nc1. The van der Waals surface area contributed by atoms with Gasteiger partial charge in [0, 0.05) is 6.54 Å². The van der Waals surface area contributed by atoms with Crippen LogP contribution in [0.15, 0.2) is 18.3 Å². The molecule has 17 heavy (non-hydrogen) atoms. The summed E-state index contributed by atoms with van der Waals surface area (Å²) in [6.45, 7) is 4.62. The van der Waals surface area contributed by atoms with Crippen LogP contribution >= 0.6 is 0 Å². The third kappa shape index (κ3) is 5.10. The van der Waals surface area contributed by atoms with Crippen LogP contribution < -0.4 is 10.1 Å². The lowest BCUT2D eigenvalue weighted by Crippen LogP contribution is -2.31. The standard InChI is InChI=1S/C12H16N2O3/c1-9(2)5-14-12(16)8-17-11-4-3-10(7-15)13-6-11/h3-4,6-7,9H,5,8H2,1-2H3,(H,14,16). The van der Waals surface area contributed by atoms with E-state index in [1.54, 1.807) is 6.07 Å². The van der Waals surface area contributed by atoms with Gasteiger partial charge < -0.3 is 10.1 Å². The molecule has 0 radical (unpaired) electrons. The molecule has 1 aromatic rings. The number of rotatable bonds is 6. The maximum Gasteiger partial charge on any atom is 0.257 e. The van der Waals surface area contributed by atoms with Gasteiger partial charge in [0.1, 0.15) is 11.4 Å². The molecule has 0 saturated heterocycles. The normalized spacial score (nSPS) is 10.1. The largest absolute Gasteiger partial charge is 0.482 e. The molecule has 0 fully saturated rings. The summed E-state index contributed by atoms with van der Waals surface area (Å²) >= 11 is 0. The number of aromatic nitrogens is 1. The highest BCUT2D eigenvalue weighted by atomic mass is 16.5. The summed E-state index contributed by atoms with van der Waals surface area (Å²) in [7, 11) is 0. The number of carbonyl (C=O) groups excluding carboxylic acids is 2. The maximum atomic E-state index is 11.3. The molecular formula is C12H16N2O3. The molecule has 0 aliphatic carbocycles. The summed E-state index contributed by atoms with van der Waals surface area (Å²) < 4.78 is 5.21. The maximum absolute atomic E-state index is 11.3. The Kier molecular flexibility index (Phi) is 5.13. The third-order valence-electron chi connectivity index (χ3n) is 1.96. The average molecular weight is 236 g/mol. The van der Waals surface area contributed by atoms with Crippen LogP contribution in [0.3, 0.4) is 0 Å². The molecule has 1 aromatic heterocycles. The molecule has 0 unspecified atom stereocenters. The summed E-state index contributed by atoms with van der Waals surface area (Å²) in [5.74, 6) is 0.709. The Bertz CT molecular complexity index is 374. The minimum absolute atomic E-state index is 0.0468. The number of hydrogen-bond acceptors (Lipinski definition) is 4. The summed E-state index contributed by atoms with van der Waals surface area (Å²) in [6.07, 6.45) is 2.07. The molecule has 5 heteroatoms. The second-order valence-electron chi connectivity index (χ2n) is 4.02. The molecule has 0 bridgehead atoms. The highest BCUT2D eigenvalue weighted by Crippen LogP contribution is 2.07. The van der Waals surface area contributed by atoms with E-state index in [0.717, 1.165) is 0 Å². The van der Waals surface area contributed by atoms with Gasteiger partial charge in [0.05, 0.1) is 6.20 Å². The molecular weight excluding hydrogens is 220 g/mol. The van der Waals surface area contributed by atoms with E-state index >= 15 is 0 Å². The fraction of sp³-hybridized carbons (Fsp3) is 0.417. The molecule has 1 N–H and O–H groups in total. The quantitative estimate of drug-likeness (QED) is 0.749. The number of pyridine rings is 1. The van der Waals surface area contributed by atoms with Crippen molar-refractivity contribution in [1.82, 2.24) is 10.3 Å². The Morgan fingerprint density at radius 2 is 2.29 bits per heavy atom. The van der Waals surface area contributed by atoms with E-state index in [-0.39, 0.29) is 12.5 Å². The van der Waals surface area contributed by atoms with Gasteiger partial charge in [-0.05, 0) is 18.1 Å². The molecule has 0 saturated carbocycles. The summed E-state index contributed by atoms with van der Waals surface area (Å²) in [5.41, 5.74) is 0.335. The Balaban J connectivity index is 2.34. The van der Waals surface area contributed by atoms with Crippen LogP contribution in [0.1, 0.15) is 24.3 Å². The lowest BCUT2D eigenvalue weighted by molar-refractivity contribution is -0.123. The third-order valence-corrected chi connectivity index (χ3v) is 1.96. The van der Waals surface area contributed by atoms with Gasteiger partial charge >= 0.3 is 0 Å². The predicted octanol–water partition coefficient (Wildman–Crippen LogP) is 1.05. The molecule has 0 aliphatic rings. The molecule has 1 amide bonds. The van der Waals surface area contributed by atoms with Crippen molar-refractivity contribution in [3.05, 3.63) is 24.0 Å². The Labute approximate surface area is 100 Å². The van der Waals surface area contributed by atoms with Crippen LogP contribution in [0.25, 0.3) is 0 Å². The number of nitrogens with one attached hydrogen (secondary N) is 1. The highest BCUT2D eigenvalue weighted by molar-refractivity contribution is 5.77. The van der Waals surface area contributed by atoms with Gasteiger partial charge in [0.2, 0.25) is 0 Å². The van der Waals surface area contributed by atoms with E-state index in [2.05, 4.69) is 10.3 Å². The first kappa shape index (κ1) is 13.2. The van der Waals surface area contributed by atoms with Gasteiger partial charge in [-0.2, -0.15) is 0 Å². The monoisotopic (exact) mass is 236 g/mol. The number of aldehydes is 1. The first-order valence-electron chi connectivity index (χ1n) is 5.42. The summed E-state index contributed by atoms with van der Waals surface area (Å²) in [6, 6.07) is 3.14. The van der Waals surface area contributed by atoms with Crippen molar-refractivity contribution in [2.24, 2.45) is 5.92 Å². The molecule has 5 nitrogen and oxygen atoms in total. The van der Waals surface area contributed by atoms with Crippen molar-refractivity contribution in [2.75, 3.05) is 13.2 Å². The zero-order valence-electron chi connectivity index (χ0n) is 9.97. The second kappa shape index (κ2) is 6.62. The van der Waals surface area contributed by atoms with Gasteiger partial charge in [-0.25, -0.2) is 4.98 Å². The average Bonchev–Trinajstić information content (AvgIpc) is 2.34. The lowest BCUT2D eigenvalue weighted by atomic mass is 10.2. The van der Waals surface area contributed by atoms with Crippen molar-refractivity contribution in [3.63, 3.8) is 0 Å². The molecule has 0 aromatic carbocycles. The van der Waals surface area contributed by atoms with Gasteiger partial charge in [-0.15, -0.1) is 0 Å². The van der Waals surface area contributed by atoms with E-state index in [0.29, 0.717) is 30.2 Å². The van der Waals surface area contributed by atoms with Crippen LogP contribution in [0.5, 0.6) is 5.75 Å². The predicted molar refractivity (Wildman–Crippen MR) is 63.0 cm³/mol.